The minimum Gasteiger partial charge on any atom is -0.383 e. The SMILES string of the molecule is COCCNCc1ccccc1Sc1ccccc1C. The van der Waals surface area contributed by atoms with Gasteiger partial charge in [-0.3, -0.25) is 0 Å². The summed E-state index contributed by atoms with van der Waals surface area (Å²) in [5.41, 5.74) is 2.65. The normalized spacial score (nSPS) is 10.7. The molecule has 1 N–H and O–H groups in total. The maximum atomic E-state index is 5.05. The molecule has 0 atom stereocenters. The van der Waals surface area contributed by atoms with Gasteiger partial charge < -0.3 is 10.1 Å². The maximum absolute atomic E-state index is 5.05. The third kappa shape index (κ3) is 4.37. The molecule has 2 rings (SSSR count). The second kappa shape index (κ2) is 8.10. The molecule has 0 aliphatic rings. The number of aryl methyl sites for hydroxylation is 1. The summed E-state index contributed by atoms with van der Waals surface area (Å²) in [6.07, 6.45) is 0. The van der Waals surface area contributed by atoms with Crippen LogP contribution in [-0.4, -0.2) is 20.3 Å². The monoisotopic (exact) mass is 287 g/mol. The van der Waals surface area contributed by atoms with E-state index in [1.807, 2.05) is 11.8 Å². The van der Waals surface area contributed by atoms with Crippen molar-refractivity contribution in [2.45, 2.75) is 23.3 Å². The molecule has 0 saturated carbocycles. The van der Waals surface area contributed by atoms with Gasteiger partial charge in [0.2, 0.25) is 0 Å². The van der Waals surface area contributed by atoms with Gasteiger partial charge in [0, 0.05) is 30.0 Å². The number of ether oxygens (including phenoxy) is 1. The lowest BCUT2D eigenvalue weighted by Gasteiger charge is -2.11. The van der Waals surface area contributed by atoms with Crippen LogP contribution in [0.5, 0.6) is 0 Å². The number of benzene rings is 2. The Bertz CT molecular complexity index is 542. The van der Waals surface area contributed by atoms with E-state index in [4.69, 9.17) is 4.74 Å². The van der Waals surface area contributed by atoms with Crippen LogP contribution in [0.15, 0.2) is 58.3 Å². The molecule has 0 spiro atoms. The van der Waals surface area contributed by atoms with Crippen LogP contribution >= 0.6 is 11.8 Å². The van der Waals surface area contributed by atoms with Crippen molar-refractivity contribution in [2.75, 3.05) is 20.3 Å². The molecule has 3 heteroatoms. The molecule has 20 heavy (non-hydrogen) atoms. The Kier molecular flexibility index (Phi) is 6.12. The van der Waals surface area contributed by atoms with Gasteiger partial charge >= 0.3 is 0 Å². The lowest BCUT2D eigenvalue weighted by atomic mass is 10.2. The first-order valence-corrected chi connectivity index (χ1v) is 7.64. The molecule has 0 aromatic heterocycles. The molecule has 0 unspecified atom stereocenters. The second-order valence-electron chi connectivity index (χ2n) is 4.64. The summed E-state index contributed by atoms with van der Waals surface area (Å²) in [5, 5.41) is 3.41. The van der Waals surface area contributed by atoms with E-state index in [0.29, 0.717) is 0 Å². The van der Waals surface area contributed by atoms with E-state index >= 15 is 0 Å². The topological polar surface area (TPSA) is 21.3 Å². The number of hydrogen-bond acceptors (Lipinski definition) is 3. The Labute approximate surface area is 125 Å². The third-order valence-corrected chi connectivity index (χ3v) is 4.38. The largest absolute Gasteiger partial charge is 0.383 e. The fourth-order valence-electron chi connectivity index (χ4n) is 1.94. The van der Waals surface area contributed by atoms with E-state index in [9.17, 15) is 0 Å². The Morgan fingerprint density at radius 1 is 1.00 bits per heavy atom. The Balaban J connectivity index is 2.06. The highest BCUT2D eigenvalue weighted by Crippen LogP contribution is 2.32. The van der Waals surface area contributed by atoms with E-state index in [0.717, 1.165) is 19.7 Å². The molecule has 2 nitrogen and oxygen atoms in total. The average Bonchev–Trinajstić information content (AvgIpc) is 2.47. The standard InChI is InChI=1S/C17H21NOS/c1-14-7-3-5-9-16(14)20-17-10-6-4-8-15(17)13-18-11-12-19-2/h3-10,18H,11-13H2,1-2H3. The molecule has 2 aromatic rings. The summed E-state index contributed by atoms with van der Waals surface area (Å²) in [5.74, 6) is 0. The molecule has 106 valence electrons. The van der Waals surface area contributed by atoms with E-state index in [-0.39, 0.29) is 0 Å². The van der Waals surface area contributed by atoms with Gasteiger partial charge in [0.15, 0.2) is 0 Å². The van der Waals surface area contributed by atoms with Crippen molar-refractivity contribution in [3.63, 3.8) is 0 Å². The van der Waals surface area contributed by atoms with Crippen molar-refractivity contribution >= 4 is 11.8 Å². The zero-order valence-electron chi connectivity index (χ0n) is 12.1. The van der Waals surface area contributed by atoms with Crippen molar-refractivity contribution in [1.82, 2.24) is 5.32 Å². The first kappa shape index (κ1) is 15.1. The maximum Gasteiger partial charge on any atom is 0.0587 e. The Morgan fingerprint density at radius 2 is 1.70 bits per heavy atom. The fourth-order valence-corrected chi connectivity index (χ4v) is 2.97. The van der Waals surface area contributed by atoms with Crippen LogP contribution in [0.2, 0.25) is 0 Å². The quantitative estimate of drug-likeness (QED) is 0.781. The van der Waals surface area contributed by atoms with Crippen molar-refractivity contribution in [2.24, 2.45) is 0 Å². The molecule has 0 fully saturated rings. The van der Waals surface area contributed by atoms with Gasteiger partial charge in [0.25, 0.3) is 0 Å². The smallest absolute Gasteiger partial charge is 0.0587 e. The average molecular weight is 287 g/mol. The molecule has 0 aliphatic heterocycles. The molecule has 2 aromatic carbocycles. The van der Waals surface area contributed by atoms with Crippen molar-refractivity contribution in [1.29, 1.82) is 0 Å². The lowest BCUT2D eigenvalue weighted by molar-refractivity contribution is 0.199. The molecular formula is C17H21NOS. The Hall–Kier alpha value is -1.29. The summed E-state index contributed by atoms with van der Waals surface area (Å²) in [7, 11) is 1.73. The van der Waals surface area contributed by atoms with Crippen LogP contribution < -0.4 is 5.32 Å². The van der Waals surface area contributed by atoms with Crippen LogP contribution in [0.4, 0.5) is 0 Å². The first-order chi connectivity index (χ1) is 9.81. The van der Waals surface area contributed by atoms with E-state index in [1.54, 1.807) is 7.11 Å². The number of hydrogen-bond donors (Lipinski definition) is 1. The van der Waals surface area contributed by atoms with Gasteiger partial charge in [-0.15, -0.1) is 0 Å². The molecule has 0 radical (unpaired) electrons. The van der Waals surface area contributed by atoms with Gasteiger partial charge in [-0.05, 0) is 30.2 Å². The first-order valence-electron chi connectivity index (χ1n) is 6.82. The highest BCUT2D eigenvalue weighted by Gasteiger charge is 2.05. The van der Waals surface area contributed by atoms with Crippen LogP contribution in [0.25, 0.3) is 0 Å². The number of nitrogens with one attached hydrogen (secondary N) is 1. The van der Waals surface area contributed by atoms with Crippen molar-refractivity contribution in [3.8, 4) is 0 Å². The minimum atomic E-state index is 0.743. The molecule has 0 heterocycles. The van der Waals surface area contributed by atoms with Crippen LogP contribution in [0.3, 0.4) is 0 Å². The highest BCUT2D eigenvalue weighted by molar-refractivity contribution is 7.99. The predicted molar refractivity (Wildman–Crippen MR) is 85.3 cm³/mol. The van der Waals surface area contributed by atoms with E-state index in [1.165, 1.54) is 20.9 Å². The van der Waals surface area contributed by atoms with Gasteiger partial charge in [0.1, 0.15) is 0 Å². The zero-order valence-corrected chi connectivity index (χ0v) is 12.9. The summed E-state index contributed by atoms with van der Waals surface area (Å²) in [4.78, 5) is 2.63. The zero-order chi connectivity index (χ0) is 14.2. The highest BCUT2D eigenvalue weighted by atomic mass is 32.2. The third-order valence-electron chi connectivity index (χ3n) is 3.08. The van der Waals surface area contributed by atoms with Gasteiger partial charge in [-0.1, -0.05) is 48.2 Å². The van der Waals surface area contributed by atoms with Crippen molar-refractivity contribution in [3.05, 3.63) is 59.7 Å². The predicted octanol–water partition coefficient (Wildman–Crippen LogP) is 3.88. The Morgan fingerprint density at radius 3 is 2.45 bits per heavy atom. The summed E-state index contributed by atoms with van der Waals surface area (Å²) < 4.78 is 5.05. The van der Waals surface area contributed by atoms with Gasteiger partial charge in [-0.25, -0.2) is 0 Å². The molecule has 0 aliphatic carbocycles. The van der Waals surface area contributed by atoms with Crippen LogP contribution in [0, 0.1) is 6.92 Å². The second-order valence-corrected chi connectivity index (χ2v) is 5.73. The fraction of sp³-hybridized carbons (Fsp3) is 0.294. The summed E-state index contributed by atoms with van der Waals surface area (Å²) in [6.45, 7) is 4.65. The number of methoxy groups -OCH3 is 1. The van der Waals surface area contributed by atoms with Crippen LogP contribution in [-0.2, 0) is 11.3 Å². The molecule has 0 saturated heterocycles. The molecular weight excluding hydrogens is 266 g/mol. The van der Waals surface area contributed by atoms with Crippen molar-refractivity contribution < 1.29 is 4.74 Å². The minimum absolute atomic E-state index is 0.743. The van der Waals surface area contributed by atoms with E-state index in [2.05, 4.69) is 60.8 Å². The molecule has 0 bridgehead atoms. The molecule has 0 amide bonds. The summed E-state index contributed by atoms with van der Waals surface area (Å²) >= 11 is 1.83. The van der Waals surface area contributed by atoms with Gasteiger partial charge in [-0.2, -0.15) is 0 Å². The van der Waals surface area contributed by atoms with Gasteiger partial charge in [0.05, 0.1) is 6.61 Å². The van der Waals surface area contributed by atoms with E-state index < -0.39 is 0 Å². The van der Waals surface area contributed by atoms with Crippen LogP contribution in [0.1, 0.15) is 11.1 Å². The number of rotatable bonds is 7. The lowest BCUT2D eigenvalue weighted by Crippen LogP contribution is -2.18. The summed E-state index contributed by atoms with van der Waals surface area (Å²) in [6, 6.07) is 17.1.